The molecule has 3 N–H and O–H groups in total. The zero-order valence-corrected chi connectivity index (χ0v) is 14.3. The lowest BCUT2D eigenvalue weighted by Crippen LogP contribution is -2.31. The Balaban J connectivity index is 2.47. The monoisotopic (exact) mass is 356 g/mol. The van der Waals surface area contributed by atoms with Gasteiger partial charge in [0.15, 0.2) is 11.9 Å². The molecule has 1 atom stereocenters. The van der Waals surface area contributed by atoms with Crippen LogP contribution < -0.4 is 10.5 Å². The highest BCUT2D eigenvalue weighted by atomic mass is 32.2. The fourth-order valence-corrected chi connectivity index (χ4v) is 2.78. The first kappa shape index (κ1) is 19.8. The SMILES string of the molecule is CC(=O)c1ccc(S(=O)(=O)NCCCC(=O)O[C@@H](C)C(N)=O)cc1. The number of rotatable bonds is 9. The summed E-state index contributed by atoms with van der Waals surface area (Å²) >= 11 is 0. The molecule has 0 spiro atoms. The summed E-state index contributed by atoms with van der Waals surface area (Å²) in [6.07, 6.45) is -0.868. The Hall–Kier alpha value is -2.26. The quantitative estimate of drug-likeness (QED) is 0.373. The van der Waals surface area contributed by atoms with Gasteiger partial charge in [-0.05, 0) is 32.4 Å². The number of hydrogen-bond donors (Lipinski definition) is 2. The van der Waals surface area contributed by atoms with E-state index in [0.29, 0.717) is 5.56 Å². The van der Waals surface area contributed by atoms with E-state index in [1.54, 1.807) is 0 Å². The normalized spacial score (nSPS) is 12.4. The van der Waals surface area contributed by atoms with Crippen molar-refractivity contribution in [3.05, 3.63) is 29.8 Å². The highest BCUT2D eigenvalue weighted by Crippen LogP contribution is 2.11. The van der Waals surface area contributed by atoms with Crippen LogP contribution in [-0.4, -0.2) is 38.7 Å². The van der Waals surface area contributed by atoms with Crippen molar-refractivity contribution in [2.24, 2.45) is 5.73 Å². The lowest BCUT2D eigenvalue weighted by molar-refractivity contribution is -0.153. The van der Waals surface area contributed by atoms with Crippen molar-refractivity contribution >= 4 is 27.7 Å². The molecule has 9 heteroatoms. The zero-order chi connectivity index (χ0) is 18.3. The van der Waals surface area contributed by atoms with Crippen LogP contribution in [0.15, 0.2) is 29.2 Å². The number of benzene rings is 1. The average molecular weight is 356 g/mol. The molecule has 0 aliphatic rings. The minimum absolute atomic E-state index is 0.0246. The minimum atomic E-state index is -3.72. The molecule has 0 aromatic heterocycles. The van der Waals surface area contributed by atoms with Gasteiger partial charge < -0.3 is 10.5 Å². The van der Waals surface area contributed by atoms with Gasteiger partial charge in [0.25, 0.3) is 5.91 Å². The van der Waals surface area contributed by atoms with Gasteiger partial charge in [-0.15, -0.1) is 0 Å². The third kappa shape index (κ3) is 6.09. The van der Waals surface area contributed by atoms with Crippen LogP contribution in [0.25, 0.3) is 0 Å². The molecule has 24 heavy (non-hydrogen) atoms. The number of sulfonamides is 1. The second kappa shape index (κ2) is 8.55. The van der Waals surface area contributed by atoms with Gasteiger partial charge in [-0.2, -0.15) is 0 Å². The van der Waals surface area contributed by atoms with Gasteiger partial charge in [-0.25, -0.2) is 13.1 Å². The molecule has 1 aromatic rings. The first-order valence-electron chi connectivity index (χ1n) is 7.23. The topological polar surface area (TPSA) is 133 Å². The number of Topliss-reactive ketones (excluding diaryl/α,β-unsaturated/α-hetero) is 1. The lowest BCUT2D eigenvalue weighted by atomic mass is 10.2. The second-order valence-electron chi connectivity index (χ2n) is 5.12. The Labute approximate surface area is 140 Å². The molecule has 0 bridgehead atoms. The van der Waals surface area contributed by atoms with Crippen molar-refractivity contribution in [1.29, 1.82) is 0 Å². The number of carbonyl (C=O) groups is 3. The molecule has 0 radical (unpaired) electrons. The summed E-state index contributed by atoms with van der Waals surface area (Å²) in [6.45, 7) is 2.77. The molecular formula is C15H20N2O6S. The Kier molecular flexibility index (Phi) is 7.05. The molecule has 1 aromatic carbocycles. The summed E-state index contributed by atoms with van der Waals surface area (Å²) in [7, 11) is -3.72. The molecule has 0 unspecified atom stereocenters. The number of ether oxygens (including phenoxy) is 1. The van der Waals surface area contributed by atoms with Crippen LogP contribution in [0.4, 0.5) is 0 Å². The Bertz CT molecular complexity index is 712. The van der Waals surface area contributed by atoms with Crippen LogP contribution in [0.3, 0.4) is 0 Å². The highest BCUT2D eigenvalue weighted by molar-refractivity contribution is 7.89. The standard InChI is InChI=1S/C15H20N2O6S/c1-10(18)12-5-7-13(8-6-12)24(21,22)17-9-3-4-14(19)23-11(2)15(16)20/h5-8,11,17H,3-4,9H2,1-2H3,(H2,16,20)/t11-/m0/s1. The lowest BCUT2D eigenvalue weighted by Gasteiger charge is -2.10. The molecular weight excluding hydrogens is 336 g/mol. The van der Waals surface area contributed by atoms with Gasteiger partial charge in [0.05, 0.1) is 4.90 Å². The number of esters is 1. The number of primary amides is 1. The molecule has 8 nitrogen and oxygen atoms in total. The third-order valence-corrected chi connectivity index (χ3v) is 4.61. The van der Waals surface area contributed by atoms with Gasteiger partial charge in [0.2, 0.25) is 10.0 Å². The summed E-state index contributed by atoms with van der Waals surface area (Å²) in [6, 6.07) is 5.53. The number of amides is 1. The maximum Gasteiger partial charge on any atom is 0.306 e. The van der Waals surface area contributed by atoms with E-state index in [9.17, 15) is 22.8 Å². The summed E-state index contributed by atoms with van der Waals surface area (Å²) < 4.78 is 31.2. The van der Waals surface area contributed by atoms with Gasteiger partial charge in [0.1, 0.15) is 0 Å². The highest BCUT2D eigenvalue weighted by Gasteiger charge is 2.16. The summed E-state index contributed by atoms with van der Waals surface area (Å²) in [5, 5.41) is 0. The molecule has 0 heterocycles. The van der Waals surface area contributed by atoms with Crippen LogP contribution in [0.1, 0.15) is 37.0 Å². The van der Waals surface area contributed by atoms with Gasteiger partial charge in [0, 0.05) is 18.5 Å². The molecule has 1 rings (SSSR count). The van der Waals surface area contributed by atoms with Crippen molar-refractivity contribution in [3.8, 4) is 0 Å². The molecule has 132 valence electrons. The molecule has 0 saturated carbocycles. The summed E-state index contributed by atoms with van der Waals surface area (Å²) in [5.41, 5.74) is 5.38. The van der Waals surface area contributed by atoms with Crippen LogP contribution in [0.2, 0.25) is 0 Å². The zero-order valence-electron chi connectivity index (χ0n) is 13.4. The summed E-state index contributed by atoms with van der Waals surface area (Å²) in [5.74, 6) is -1.54. The van der Waals surface area contributed by atoms with Crippen molar-refractivity contribution in [2.45, 2.75) is 37.7 Å². The van der Waals surface area contributed by atoms with Crippen molar-refractivity contribution in [3.63, 3.8) is 0 Å². The molecule has 0 aliphatic carbocycles. The second-order valence-corrected chi connectivity index (χ2v) is 6.88. The van der Waals surface area contributed by atoms with Crippen molar-refractivity contribution in [1.82, 2.24) is 4.72 Å². The molecule has 1 amide bonds. The van der Waals surface area contributed by atoms with Crippen LogP contribution in [0, 0.1) is 0 Å². The Morgan fingerprint density at radius 2 is 1.79 bits per heavy atom. The smallest absolute Gasteiger partial charge is 0.306 e. The van der Waals surface area contributed by atoms with Crippen LogP contribution >= 0.6 is 0 Å². The first-order chi connectivity index (χ1) is 11.1. The van der Waals surface area contributed by atoms with Crippen molar-refractivity contribution < 1.29 is 27.5 Å². The largest absolute Gasteiger partial charge is 0.453 e. The predicted octanol–water partition coefficient (Wildman–Crippen LogP) is 0.365. The number of carbonyl (C=O) groups excluding carboxylic acids is 3. The third-order valence-electron chi connectivity index (χ3n) is 3.13. The van der Waals surface area contributed by atoms with Crippen LogP contribution in [-0.2, 0) is 24.3 Å². The van der Waals surface area contributed by atoms with E-state index < -0.39 is 28.0 Å². The average Bonchev–Trinajstić information content (AvgIpc) is 2.51. The number of nitrogens with two attached hydrogens (primary N) is 1. The first-order valence-corrected chi connectivity index (χ1v) is 8.71. The molecule has 0 aliphatic heterocycles. The van der Waals surface area contributed by atoms with E-state index in [0.717, 1.165) is 0 Å². The van der Waals surface area contributed by atoms with Crippen LogP contribution in [0.5, 0.6) is 0 Å². The van der Waals surface area contributed by atoms with E-state index >= 15 is 0 Å². The van der Waals surface area contributed by atoms with Gasteiger partial charge in [-0.1, -0.05) is 12.1 Å². The van der Waals surface area contributed by atoms with Crippen molar-refractivity contribution in [2.75, 3.05) is 6.54 Å². The Morgan fingerprint density at radius 3 is 2.29 bits per heavy atom. The number of ketones is 1. The van der Waals surface area contributed by atoms with Gasteiger partial charge >= 0.3 is 5.97 Å². The maximum absolute atomic E-state index is 12.1. The molecule has 0 fully saturated rings. The number of nitrogens with one attached hydrogen (secondary N) is 1. The Morgan fingerprint density at radius 1 is 1.21 bits per heavy atom. The van der Waals surface area contributed by atoms with E-state index in [1.165, 1.54) is 38.1 Å². The van der Waals surface area contributed by atoms with E-state index in [-0.39, 0.29) is 30.1 Å². The predicted molar refractivity (Wildman–Crippen MR) is 85.6 cm³/mol. The summed E-state index contributed by atoms with van der Waals surface area (Å²) in [4.78, 5) is 33.4. The maximum atomic E-state index is 12.1. The minimum Gasteiger partial charge on any atom is -0.453 e. The van der Waals surface area contributed by atoms with E-state index in [4.69, 9.17) is 10.5 Å². The van der Waals surface area contributed by atoms with Gasteiger partial charge in [-0.3, -0.25) is 14.4 Å². The molecule has 0 saturated heterocycles. The number of hydrogen-bond acceptors (Lipinski definition) is 6. The van der Waals surface area contributed by atoms with E-state index in [1.807, 2.05) is 0 Å². The fraction of sp³-hybridized carbons (Fsp3) is 0.400. The fourth-order valence-electron chi connectivity index (χ4n) is 1.71. The van der Waals surface area contributed by atoms with E-state index in [2.05, 4.69) is 4.72 Å².